The van der Waals surface area contributed by atoms with Crippen LogP contribution in [0.2, 0.25) is 0 Å². The van der Waals surface area contributed by atoms with Crippen LogP contribution in [-0.2, 0) is 16.2 Å². The van der Waals surface area contributed by atoms with Gasteiger partial charge in [0.2, 0.25) is 0 Å². The van der Waals surface area contributed by atoms with Crippen molar-refractivity contribution in [3.63, 3.8) is 0 Å². The van der Waals surface area contributed by atoms with Gasteiger partial charge in [-0.15, -0.1) is 11.3 Å². The molecule has 2 nitrogen and oxygen atoms in total. The van der Waals surface area contributed by atoms with Crippen LogP contribution in [0.4, 0.5) is 16.4 Å². The molecule has 2 heterocycles. The van der Waals surface area contributed by atoms with Crippen molar-refractivity contribution in [2.75, 3.05) is 10.2 Å². The number of thiophene rings is 1. The normalized spacial score (nSPS) is 21.7. The first-order chi connectivity index (χ1) is 28.3. The Morgan fingerprint density at radius 1 is 0.836 bits per heavy atom. The summed E-state index contributed by atoms with van der Waals surface area (Å²) in [6, 6.07) is 10.3. The molecule has 2 aromatic carbocycles. The van der Waals surface area contributed by atoms with Gasteiger partial charge in [0.05, 0.1) is 5.00 Å². The first-order valence-electron chi connectivity index (χ1n) is 24.0. The van der Waals surface area contributed by atoms with Crippen molar-refractivity contribution in [3.05, 3.63) is 101 Å². The number of hydrogen-bond acceptors (Lipinski definition) is 3. The van der Waals surface area contributed by atoms with Crippen molar-refractivity contribution in [2.45, 2.75) is 192 Å². The fourth-order valence-corrected chi connectivity index (χ4v) is 11.2. The predicted molar refractivity (Wildman–Crippen MR) is 276 cm³/mol. The van der Waals surface area contributed by atoms with Crippen molar-refractivity contribution >= 4 is 55.4 Å². The Bertz CT molecular complexity index is 2240. The summed E-state index contributed by atoms with van der Waals surface area (Å²) >= 11 is 2.03. The lowest BCUT2D eigenvalue weighted by molar-refractivity contribution is 0.241. The number of anilines is 3. The van der Waals surface area contributed by atoms with Gasteiger partial charge in [0.25, 0.3) is 6.71 Å². The summed E-state index contributed by atoms with van der Waals surface area (Å²) in [4.78, 5) is 2.71. The van der Waals surface area contributed by atoms with Crippen LogP contribution in [0.5, 0.6) is 0 Å². The van der Waals surface area contributed by atoms with Crippen LogP contribution in [0.25, 0.3) is 10.1 Å². The number of hydrogen-bond donors (Lipinski definition) is 1. The molecular formula is C57H83BN2S. The Morgan fingerprint density at radius 2 is 1.48 bits per heavy atom. The number of nitrogens with zero attached hydrogens (tertiary/aromatic N) is 1. The van der Waals surface area contributed by atoms with E-state index in [1.165, 1.54) is 104 Å². The predicted octanol–water partition coefficient (Wildman–Crippen LogP) is 16.5. The molecule has 0 spiro atoms. The Kier molecular flexibility index (Phi) is 13.5. The minimum absolute atomic E-state index is 0.0450. The van der Waals surface area contributed by atoms with Gasteiger partial charge in [0.15, 0.2) is 0 Å². The molecule has 6 rings (SSSR count). The van der Waals surface area contributed by atoms with Gasteiger partial charge >= 0.3 is 0 Å². The van der Waals surface area contributed by atoms with Crippen LogP contribution in [0.3, 0.4) is 0 Å². The van der Waals surface area contributed by atoms with Gasteiger partial charge in [-0.1, -0.05) is 152 Å². The Hall–Kier alpha value is -3.24. The Morgan fingerprint density at radius 3 is 2.08 bits per heavy atom. The minimum atomic E-state index is -0.0450. The molecule has 1 aliphatic heterocycles. The summed E-state index contributed by atoms with van der Waals surface area (Å²) in [6.07, 6.45) is 29.8. The van der Waals surface area contributed by atoms with E-state index in [0.29, 0.717) is 0 Å². The standard InChI is InChI=1S/C57H83BN2S/c1-18-34-59-46-35-40(52(5,6)7)36-47-50(46)58(41(19-2)22-20-26-53(8,9)28-24-39(3)4)49-43-37-44-45(57(16,17)33-32-56(44,14)15)38-48(43)61-51(49)60(47)42-23-21-27-54(10,11)30-31-55(12,13)29-25-42/h18-23,25,34-39,59H,24,26-33H2,1-17H3/b22-20-,23-21-,34-18+,41-19+,42-25+. The zero-order valence-electron chi connectivity index (χ0n) is 41.8. The molecule has 0 atom stereocenters. The highest BCUT2D eigenvalue weighted by atomic mass is 32.1. The molecule has 0 bridgehead atoms. The van der Waals surface area contributed by atoms with Crippen LogP contribution in [0.1, 0.15) is 192 Å². The summed E-state index contributed by atoms with van der Waals surface area (Å²) in [5, 5.41) is 6.70. The highest BCUT2D eigenvalue weighted by molar-refractivity contribution is 7.26. The fourth-order valence-electron chi connectivity index (χ4n) is 9.95. The van der Waals surface area contributed by atoms with Gasteiger partial charge in [0, 0.05) is 21.8 Å². The summed E-state index contributed by atoms with van der Waals surface area (Å²) in [5.74, 6) is 0.720. The maximum atomic E-state index is 3.89. The Balaban J connectivity index is 1.73. The third kappa shape index (κ3) is 10.3. The lowest BCUT2D eigenvalue weighted by Gasteiger charge is -2.42. The molecule has 3 aromatic rings. The van der Waals surface area contributed by atoms with E-state index >= 15 is 0 Å². The number of allylic oxidation sites excluding steroid dienone is 8. The zero-order valence-corrected chi connectivity index (χ0v) is 42.6. The quantitative estimate of drug-likeness (QED) is 0.162. The number of benzene rings is 2. The summed E-state index contributed by atoms with van der Waals surface area (Å²) < 4.78 is 1.41. The van der Waals surface area contributed by atoms with Gasteiger partial charge in [-0.25, -0.2) is 0 Å². The minimum Gasteiger partial charge on any atom is -0.362 e. The van der Waals surface area contributed by atoms with Crippen LogP contribution in [-0.4, -0.2) is 6.71 Å². The average molecular weight is 839 g/mol. The summed E-state index contributed by atoms with van der Waals surface area (Å²) in [5.41, 5.74) is 13.4. The van der Waals surface area contributed by atoms with Crippen molar-refractivity contribution in [2.24, 2.45) is 22.2 Å². The van der Waals surface area contributed by atoms with Gasteiger partial charge in [-0.3, -0.25) is 0 Å². The fraction of sp³-hybridized carbons (Fsp3) is 0.579. The highest BCUT2D eigenvalue weighted by Gasteiger charge is 2.44. The molecule has 2 aliphatic carbocycles. The number of fused-ring (bicyclic) bond motifs is 5. The van der Waals surface area contributed by atoms with Crippen LogP contribution in [0.15, 0.2) is 84.2 Å². The third-order valence-corrected chi connectivity index (χ3v) is 15.9. The first kappa shape index (κ1) is 47.2. The monoisotopic (exact) mass is 839 g/mol. The van der Waals surface area contributed by atoms with Gasteiger partial charge < -0.3 is 10.2 Å². The second-order valence-corrected chi connectivity index (χ2v) is 25.4. The van der Waals surface area contributed by atoms with E-state index in [1.807, 2.05) is 11.3 Å². The van der Waals surface area contributed by atoms with Gasteiger partial charge in [-0.05, 0) is 173 Å². The molecular weight excluding hydrogens is 756 g/mol. The van der Waals surface area contributed by atoms with Crippen LogP contribution < -0.4 is 21.1 Å². The van der Waals surface area contributed by atoms with Crippen molar-refractivity contribution in [1.82, 2.24) is 0 Å². The van der Waals surface area contributed by atoms with Crippen molar-refractivity contribution < 1.29 is 0 Å². The van der Waals surface area contributed by atoms with E-state index in [1.54, 1.807) is 0 Å². The lowest BCUT2D eigenvalue weighted by Crippen LogP contribution is -2.52. The topological polar surface area (TPSA) is 15.3 Å². The Labute approximate surface area is 378 Å². The molecule has 61 heavy (non-hydrogen) atoms. The van der Waals surface area contributed by atoms with E-state index in [0.717, 1.165) is 25.2 Å². The lowest BCUT2D eigenvalue weighted by atomic mass is 9.34. The third-order valence-electron chi connectivity index (χ3n) is 14.7. The largest absolute Gasteiger partial charge is 0.362 e. The summed E-state index contributed by atoms with van der Waals surface area (Å²) in [6.45, 7) is 41.0. The van der Waals surface area contributed by atoms with E-state index in [2.05, 4.69) is 201 Å². The molecule has 0 fully saturated rings. The second-order valence-electron chi connectivity index (χ2n) is 24.4. The molecule has 0 amide bonds. The van der Waals surface area contributed by atoms with E-state index in [4.69, 9.17) is 0 Å². The highest BCUT2D eigenvalue weighted by Crippen LogP contribution is 2.51. The molecule has 0 radical (unpaired) electrons. The molecule has 1 N–H and O–H groups in total. The number of nitrogens with one attached hydrogen (secondary N) is 1. The van der Waals surface area contributed by atoms with Gasteiger partial charge in [-0.2, -0.15) is 0 Å². The maximum absolute atomic E-state index is 3.89. The molecule has 3 aliphatic rings. The van der Waals surface area contributed by atoms with Crippen LogP contribution in [0, 0.1) is 22.2 Å². The van der Waals surface area contributed by atoms with Crippen molar-refractivity contribution in [3.8, 4) is 0 Å². The smallest absolute Gasteiger partial charge is 0.251 e. The summed E-state index contributed by atoms with van der Waals surface area (Å²) in [7, 11) is 0. The SMILES string of the molecule is C/C=C(\C=C/CC(C)(C)CCC(C)C)B1c2c(N/C=C/C)cc(C(C)(C)C)cc2N(C2=C/CC(C)(C)CCC(C)(C)C/C=C\2)c2sc3cc4c(cc3c21)C(C)(C)CCC4(C)C. The molecule has 330 valence electrons. The van der Waals surface area contributed by atoms with E-state index in [-0.39, 0.29) is 39.2 Å². The number of rotatable bonds is 10. The molecule has 0 saturated carbocycles. The molecule has 0 unspecified atom stereocenters. The van der Waals surface area contributed by atoms with E-state index in [9.17, 15) is 0 Å². The zero-order chi connectivity index (χ0) is 44.9. The molecule has 0 saturated heterocycles. The maximum Gasteiger partial charge on any atom is 0.251 e. The molecule has 4 heteroatoms. The first-order valence-corrected chi connectivity index (χ1v) is 24.8. The average Bonchev–Trinajstić information content (AvgIpc) is 3.54. The van der Waals surface area contributed by atoms with Gasteiger partial charge in [0.1, 0.15) is 0 Å². The second kappa shape index (κ2) is 17.4. The van der Waals surface area contributed by atoms with Crippen LogP contribution >= 0.6 is 11.3 Å². The van der Waals surface area contributed by atoms with Crippen molar-refractivity contribution in [1.29, 1.82) is 0 Å². The molecule has 1 aromatic heterocycles. The van der Waals surface area contributed by atoms with E-state index < -0.39 is 0 Å².